The zero-order chi connectivity index (χ0) is 13.1. The number of hydrazone groups is 2. The average molecular weight is 409 g/mol. The Labute approximate surface area is 139 Å². The molecule has 14 N–H and O–H groups in total. The Balaban J connectivity index is -0.0000000302. The fourth-order valence-electron chi connectivity index (χ4n) is 0.234. The summed E-state index contributed by atoms with van der Waals surface area (Å²) in [5.41, 5.74) is 13.1. The number of hydrogen-bond acceptors (Lipinski definition) is 6. The minimum absolute atomic E-state index is 0. The van der Waals surface area contributed by atoms with Crippen molar-refractivity contribution in [3.63, 3.8) is 0 Å². The van der Waals surface area contributed by atoms with Crippen LogP contribution in [0.25, 0.3) is 0 Å². The van der Waals surface area contributed by atoms with Gasteiger partial charge in [0.2, 0.25) is 0 Å². The maximum absolute atomic E-state index is 9.41. The van der Waals surface area contributed by atoms with Gasteiger partial charge in [-0.2, -0.15) is 0 Å². The average Bonchev–Trinajstić information content (AvgIpc) is 2.16. The predicted octanol–water partition coefficient (Wildman–Crippen LogP) is -11.7. The summed E-state index contributed by atoms with van der Waals surface area (Å²) < 4.78 is 0. The molecule has 0 rings (SSSR count). The van der Waals surface area contributed by atoms with Gasteiger partial charge in [-0.3, -0.25) is 10.9 Å². The van der Waals surface area contributed by atoms with Crippen LogP contribution in [0.3, 0.4) is 0 Å². The van der Waals surface area contributed by atoms with Gasteiger partial charge in [0.05, 0.1) is 0 Å². The van der Waals surface area contributed by atoms with Gasteiger partial charge in [0, 0.05) is 0 Å². The number of hydrazine groups is 2. The molecule has 0 spiro atoms. The summed E-state index contributed by atoms with van der Waals surface area (Å²) in [5, 5.41) is 22.1. The van der Waals surface area contributed by atoms with Crippen molar-refractivity contribution in [2.24, 2.45) is 33.4 Å². The Kier molecular flexibility index (Phi) is 54.5. The number of halogens is 2. The molecule has 0 saturated carbocycles. The van der Waals surface area contributed by atoms with Crippen molar-refractivity contribution in [3.05, 3.63) is 20.2 Å². The van der Waals surface area contributed by atoms with Crippen LogP contribution in [0.4, 0.5) is 0 Å². The fourth-order valence-corrected chi connectivity index (χ4v) is 0.234. The van der Waals surface area contributed by atoms with Crippen LogP contribution in [0.15, 0.2) is 10.2 Å². The maximum atomic E-state index is 9.41. The number of nitro groups is 2. The minimum Gasteiger partial charge on any atom is -1.00 e. The molecule has 0 unspecified atom stereocenters. The Morgan fingerprint density at radius 3 is 1.10 bits per heavy atom. The molecule has 0 aliphatic carbocycles. The normalized spacial score (nSPS) is 8.29. The Morgan fingerprint density at radius 1 is 0.857 bits per heavy atom. The molecular formula is C2H14Cl2CuN10O6. The topological polar surface area (TPSA) is 302 Å². The molecule has 0 bridgehead atoms. The second-order valence-electron chi connectivity index (χ2n) is 1.73. The molecule has 0 aromatic heterocycles. The third kappa shape index (κ3) is 45.8. The third-order valence-electron chi connectivity index (χ3n) is 0.675. The van der Waals surface area contributed by atoms with Crippen molar-refractivity contribution in [2.45, 2.75) is 0 Å². The third-order valence-corrected chi connectivity index (χ3v) is 0.675. The van der Waals surface area contributed by atoms with Gasteiger partial charge in [-0.1, -0.05) is 0 Å². The number of rotatable bonds is 2. The molecule has 16 nitrogen and oxygen atoms in total. The predicted molar refractivity (Wildman–Crippen MR) is 59.1 cm³/mol. The van der Waals surface area contributed by atoms with Crippen LogP contribution in [-0.4, -0.2) is 32.9 Å². The zero-order valence-corrected chi connectivity index (χ0v) is 12.2. The van der Waals surface area contributed by atoms with Crippen LogP contribution >= 0.6 is 0 Å². The molecular weight excluding hydrogens is 395 g/mol. The van der Waals surface area contributed by atoms with E-state index in [1.165, 1.54) is 0 Å². The van der Waals surface area contributed by atoms with Crippen LogP contribution in [0.2, 0.25) is 0 Å². The summed E-state index contributed by atoms with van der Waals surface area (Å²) >= 11 is 0. The Morgan fingerprint density at radius 2 is 1.05 bits per heavy atom. The van der Waals surface area contributed by atoms with Crippen molar-refractivity contribution in [1.29, 1.82) is 0 Å². The van der Waals surface area contributed by atoms with E-state index in [0.717, 1.165) is 0 Å². The van der Waals surface area contributed by atoms with Gasteiger partial charge in [0.25, 0.3) is 11.9 Å². The molecule has 0 aliphatic heterocycles. The van der Waals surface area contributed by atoms with E-state index in [-0.39, 0.29) is 52.8 Å². The van der Waals surface area contributed by atoms with Crippen LogP contribution in [0.5, 0.6) is 0 Å². The van der Waals surface area contributed by atoms with Gasteiger partial charge < -0.3 is 47.2 Å². The van der Waals surface area contributed by atoms with E-state index in [0.29, 0.717) is 0 Å². The monoisotopic (exact) mass is 407 g/mol. The standard InChI is InChI=1S/2CH5N5O2.2ClH.Cu.2H2O/c2*2-1(4-3)5-6(7)8;;;;;/h2*3H2,(H3,2,4,5);2*1H;;2*1H2/q;;;;+2;;/p-2. The molecule has 0 aromatic carbocycles. The quantitative estimate of drug-likeness (QED) is 0.0625. The first-order chi connectivity index (χ1) is 7.33. The van der Waals surface area contributed by atoms with Gasteiger partial charge in [0.1, 0.15) is 10.2 Å². The van der Waals surface area contributed by atoms with Gasteiger partial charge in [-0.15, -0.1) is 0 Å². The molecule has 21 heavy (non-hydrogen) atoms. The number of hydrogen-bond donors (Lipinski definition) is 6. The first-order valence-electron chi connectivity index (χ1n) is 3.23. The second-order valence-corrected chi connectivity index (χ2v) is 1.73. The molecule has 19 heteroatoms. The number of guanidine groups is 2. The summed E-state index contributed by atoms with van der Waals surface area (Å²) in [4.78, 5) is 18.8. The first-order valence-corrected chi connectivity index (χ1v) is 3.23. The Hall–Kier alpha value is -1.72. The van der Waals surface area contributed by atoms with Gasteiger partial charge >= 0.3 is 17.1 Å². The van der Waals surface area contributed by atoms with Crippen LogP contribution < -0.4 is 58.8 Å². The number of nitrogens with two attached hydrogens (primary N) is 4. The maximum Gasteiger partial charge on any atom is 2.00 e. The molecule has 0 aromatic rings. The van der Waals surface area contributed by atoms with E-state index in [1.54, 1.807) is 10.9 Å². The fraction of sp³-hybridized carbons (Fsp3) is 0. The van der Waals surface area contributed by atoms with Crippen molar-refractivity contribution in [2.75, 3.05) is 0 Å². The molecule has 0 aliphatic rings. The van der Waals surface area contributed by atoms with Gasteiger partial charge in [-0.25, -0.2) is 31.9 Å². The van der Waals surface area contributed by atoms with Crippen LogP contribution in [-0.2, 0) is 17.1 Å². The van der Waals surface area contributed by atoms with E-state index >= 15 is 0 Å². The van der Waals surface area contributed by atoms with Crippen LogP contribution in [0, 0.1) is 20.2 Å². The Bertz CT molecular complexity index is 284. The molecule has 0 fully saturated rings. The summed E-state index contributed by atoms with van der Waals surface area (Å²) in [6.45, 7) is 0. The number of nitrogens with one attached hydrogen (secondary N) is 2. The first kappa shape index (κ1) is 42.7. The van der Waals surface area contributed by atoms with E-state index in [2.05, 4.69) is 21.9 Å². The van der Waals surface area contributed by atoms with E-state index in [9.17, 15) is 20.2 Å². The zero-order valence-electron chi connectivity index (χ0n) is 9.79. The molecule has 133 valence electrons. The van der Waals surface area contributed by atoms with Gasteiger partial charge in [-0.05, 0) is 0 Å². The minimum atomic E-state index is -0.949. The van der Waals surface area contributed by atoms with Crippen LogP contribution in [0.1, 0.15) is 0 Å². The second kappa shape index (κ2) is 26.8. The molecule has 0 atom stereocenters. The molecule has 0 heterocycles. The van der Waals surface area contributed by atoms with Gasteiger partial charge in [0.15, 0.2) is 10.1 Å². The summed E-state index contributed by atoms with van der Waals surface area (Å²) in [5.74, 6) is 8.38. The largest absolute Gasteiger partial charge is 2.00 e. The van der Waals surface area contributed by atoms with Crippen molar-refractivity contribution in [1.82, 2.24) is 10.9 Å². The smallest absolute Gasteiger partial charge is 1.00 e. The SMILES string of the molecule is NN/C(N)=N/[N+](=O)[O-].NN/C(N)=N/[N+](=O)[O-].O.O.[Cl-].[Cl-].[Cu+2]. The van der Waals surface area contributed by atoms with E-state index < -0.39 is 22.0 Å². The number of nitrogens with zero attached hydrogens (tertiary/aromatic N) is 4. The molecule has 0 amide bonds. The summed E-state index contributed by atoms with van der Waals surface area (Å²) in [6, 6.07) is 0. The van der Waals surface area contributed by atoms with Crippen molar-refractivity contribution in [3.8, 4) is 0 Å². The molecule has 0 saturated heterocycles. The van der Waals surface area contributed by atoms with Crippen molar-refractivity contribution >= 4 is 11.9 Å². The van der Waals surface area contributed by atoms with Crippen molar-refractivity contribution < 1.29 is 62.9 Å². The summed E-state index contributed by atoms with van der Waals surface area (Å²) in [6.07, 6.45) is 0. The molecule has 1 radical (unpaired) electrons. The van der Waals surface area contributed by atoms with E-state index in [4.69, 9.17) is 11.5 Å². The van der Waals surface area contributed by atoms with E-state index in [1.807, 2.05) is 0 Å². The summed E-state index contributed by atoms with van der Waals surface area (Å²) in [7, 11) is 0.